The highest BCUT2D eigenvalue weighted by atomic mass is 79.9. The number of ketones is 2. The lowest BCUT2D eigenvalue weighted by Crippen LogP contribution is -2.09. The third kappa shape index (κ3) is 6.86. The second kappa shape index (κ2) is 9.86. The van der Waals surface area contributed by atoms with Gasteiger partial charge in [-0.15, -0.1) is 0 Å². The number of benzene rings is 2. The molecule has 0 aliphatic rings. The van der Waals surface area contributed by atoms with Crippen molar-refractivity contribution < 1.29 is 9.59 Å². The Morgan fingerprint density at radius 1 is 0.913 bits per heavy atom. The molecule has 1 unspecified atom stereocenters. The molecule has 0 heterocycles. The van der Waals surface area contributed by atoms with Gasteiger partial charge in [0.2, 0.25) is 0 Å². The van der Waals surface area contributed by atoms with E-state index in [1.807, 2.05) is 6.92 Å². The quantitative estimate of drug-likeness (QED) is 0.437. The van der Waals surface area contributed by atoms with E-state index in [2.05, 4.69) is 15.9 Å². The monoisotopic (exact) mass is 414 g/mol. The molecule has 5 heteroatoms. The molecule has 1 atom stereocenters. The lowest BCUT2D eigenvalue weighted by Gasteiger charge is -2.01. The topological polar surface area (TPSA) is 34.1 Å². The van der Waals surface area contributed by atoms with Crippen molar-refractivity contribution >= 4 is 50.7 Å². The second-order valence-electron chi connectivity index (χ2n) is 4.77. The third-order valence-electron chi connectivity index (χ3n) is 2.98. The summed E-state index contributed by atoms with van der Waals surface area (Å²) in [6.45, 7) is 3.65. The van der Waals surface area contributed by atoms with Crippen molar-refractivity contribution in [3.63, 3.8) is 0 Å². The van der Waals surface area contributed by atoms with Gasteiger partial charge in [0.1, 0.15) is 0 Å². The average Bonchev–Trinajstić information content (AvgIpc) is 2.55. The summed E-state index contributed by atoms with van der Waals surface area (Å²) < 4.78 is 0. The summed E-state index contributed by atoms with van der Waals surface area (Å²) in [4.78, 5) is 22.3. The van der Waals surface area contributed by atoms with Crippen molar-refractivity contribution in [2.24, 2.45) is 0 Å². The first kappa shape index (κ1) is 19.9. The average molecular weight is 416 g/mol. The number of carbonyl (C=O) groups excluding carboxylic acids is 2. The molecular formula is C18H17BrCl2O2. The van der Waals surface area contributed by atoms with Gasteiger partial charge in [-0.2, -0.15) is 0 Å². The van der Waals surface area contributed by atoms with E-state index in [4.69, 9.17) is 23.2 Å². The van der Waals surface area contributed by atoms with Gasteiger partial charge in [0.05, 0.1) is 4.83 Å². The summed E-state index contributed by atoms with van der Waals surface area (Å²) in [6, 6.07) is 13.8. The molecule has 2 aromatic carbocycles. The van der Waals surface area contributed by atoms with Crippen LogP contribution in [0.4, 0.5) is 0 Å². The van der Waals surface area contributed by atoms with Gasteiger partial charge in [0, 0.05) is 27.6 Å². The summed E-state index contributed by atoms with van der Waals surface area (Å²) in [5.74, 6) is 0.230. The van der Waals surface area contributed by atoms with Gasteiger partial charge >= 0.3 is 0 Å². The van der Waals surface area contributed by atoms with Gasteiger partial charge in [-0.25, -0.2) is 0 Å². The van der Waals surface area contributed by atoms with Crippen molar-refractivity contribution in [2.45, 2.75) is 25.1 Å². The Hall–Kier alpha value is -1.16. The molecule has 2 rings (SSSR count). The van der Waals surface area contributed by atoms with Crippen LogP contribution < -0.4 is 0 Å². The summed E-state index contributed by atoms with van der Waals surface area (Å²) >= 11 is 14.5. The van der Waals surface area contributed by atoms with Crippen LogP contribution in [0.1, 0.15) is 41.0 Å². The Morgan fingerprint density at radius 2 is 1.30 bits per heavy atom. The molecule has 122 valence electrons. The maximum absolute atomic E-state index is 11.4. The number of alkyl halides is 1. The van der Waals surface area contributed by atoms with Crippen LogP contribution in [0.3, 0.4) is 0 Å². The Balaban J connectivity index is 0.000000231. The van der Waals surface area contributed by atoms with Crippen LogP contribution in [0.2, 0.25) is 10.0 Å². The molecule has 0 aliphatic carbocycles. The molecule has 0 radical (unpaired) electrons. The summed E-state index contributed by atoms with van der Waals surface area (Å²) in [7, 11) is 0. The molecule has 0 amide bonds. The van der Waals surface area contributed by atoms with E-state index in [0.717, 1.165) is 5.56 Å². The molecule has 0 N–H and O–H groups in total. The Morgan fingerprint density at radius 3 is 1.65 bits per heavy atom. The van der Waals surface area contributed by atoms with Crippen molar-refractivity contribution in [1.29, 1.82) is 0 Å². The van der Waals surface area contributed by atoms with Gasteiger partial charge in [0.15, 0.2) is 11.6 Å². The fraction of sp³-hybridized carbons (Fsp3) is 0.222. The predicted octanol–water partition coefficient (Wildman–Crippen LogP) is 6.24. The normalized spacial score (nSPS) is 11.2. The van der Waals surface area contributed by atoms with Gasteiger partial charge in [-0.1, -0.05) is 46.1 Å². The fourth-order valence-electron chi connectivity index (χ4n) is 1.68. The van der Waals surface area contributed by atoms with Crippen LogP contribution in [0, 0.1) is 0 Å². The molecule has 2 aromatic rings. The minimum absolute atomic E-state index is 0.0756. The highest BCUT2D eigenvalue weighted by Crippen LogP contribution is 2.13. The van der Waals surface area contributed by atoms with E-state index < -0.39 is 0 Å². The lowest BCUT2D eigenvalue weighted by molar-refractivity contribution is 0.0983. The molecule has 23 heavy (non-hydrogen) atoms. The summed E-state index contributed by atoms with van der Waals surface area (Å²) in [5, 5.41) is 1.31. The van der Waals surface area contributed by atoms with E-state index in [-0.39, 0.29) is 16.4 Å². The predicted molar refractivity (Wildman–Crippen MR) is 100 cm³/mol. The minimum Gasteiger partial charge on any atom is -0.294 e. The van der Waals surface area contributed by atoms with Gasteiger partial charge in [-0.05, 0) is 55.5 Å². The van der Waals surface area contributed by atoms with Gasteiger partial charge < -0.3 is 0 Å². The SMILES string of the molecule is CC(Br)C(=O)c1ccc(Cl)cc1.CCC(=O)c1ccc(Cl)cc1. The zero-order valence-corrected chi connectivity index (χ0v) is 16.0. The molecule has 0 fully saturated rings. The molecule has 0 aromatic heterocycles. The van der Waals surface area contributed by atoms with Crippen LogP contribution in [-0.2, 0) is 0 Å². The maximum atomic E-state index is 11.4. The highest BCUT2D eigenvalue weighted by molar-refractivity contribution is 9.10. The number of rotatable bonds is 4. The lowest BCUT2D eigenvalue weighted by atomic mass is 10.1. The molecule has 0 aliphatic heterocycles. The number of halogens is 3. The van der Waals surface area contributed by atoms with Crippen LogP contribution in [0.5, 0.6) is 0 Å². The zero-order chi connectivity index (χ0) is 17.4. The van der Waals surface area contributed by atoms with Crippen molar-refractivity contribution in [3.8, 4) is 0 Å². The number of carbonyl (C=O) groups is 2. The number of Topliss-reactive ketones (excluding diaryl/α,β-unsaturated/α-hetero) is 2. The summed E-state index contributed by atoms with van der Waals surface area (Å²) in [5.41, 5.74) is 1.42. The van der Waals surface area contributed by atoms with E-state index in [9.17, 15) is 9.59 Å². The van der Waals surface area contributed by atoms with E-state index in [1.54, 1.807) is 55.5 Å². The molecule has 0 saturated heterocycles. The minimum atomic E-state index is -0.140. The molecule has 0 spiro atoms. The van der Waals surface area contributed by atoms with Gasteiger partial charge in [-0.3, -0.25) is 9.59 Å². The van der Waals surface area contributed by atoms with Gasteiger partial charge in [0.25, 0.3) is 0 Å². The molecule has 0 bridgehead atoms. The first-order valence-electron chi connectivity index (χ1n) is 7.07. The first-order chi connectivity index (χ1) is 10.8. The number of hydrogen-bond donors (Lipinski definition) is 0. The highest BCUT2D eigenvalue weighted by Gasteiger charge is 2.10. The standard InChI is InChI=1S/C9H8BrClO.C9H9ClO/c1-6(10)9(12)7-2-4-8(11)5-3-7;1-2-9(11)7-3-5-8(10)6-4-7/h2-6H,1H3;3-6H,2H2,1H3. The van der Waals surface area contributed by atoms with Crippen molar-refractivity contribution in [2.75, 3.05) is 0 Å². The van der Waals surface area contributed by atoms with E-state index in [1.165, 1.54) is 0 Å². The molecule has 2 nitrogen and oxygen atoms in total. The van der Waals surface area contributed by atoms with Crippen LogP contribution >= 0.6 is 39.1 Å². The van der Waals surface area contributed by atoms with Crippen LogP contribution in [0.15, 0.2) is 48.5 Å². The Bertz CT molecular complexity index is 650. The van der Waals surface area contributed by atoms with Crippen molar-refractivity contribution in [3.05, 3.63) is 69.7 Å². The third-order valence-corrected chi connectivity index (χ3v) is 3.90. The molecule has 0 saturated carbocycles. The number of hydrogen-bond acceptors (Lipinski definition) is 2. The Kier molecular flexibility index (Phi) is 8.53. The smallest absolute Gasteiger partial charge is 0.176 e. The first-order valence-corrected chi connectivity index (χ1v) is 8.75. The second-order valence-corrected chi connectivity index (χ2v) is 7.02. The molecular weight excluding hydrogens is 399 g/mol. The fourth-order valence-corrected chi connectivity index (χ4v) is 2.20. The summed E-state index contributed by atoms with van der Waals surface area (Å²) in [6.07, 6.45) is 0.543. The van der Waals surface area contributed by atoms with E-state index >= 15 is 0 Å². The van der Waals surface area contributed by atoms with Crippen LogP contribution in [-0.4, -0.2) is 16.4 Å². The maximum Gasteiger partial charge on any atom is 0.176 e. The zero-order valence-electron chi connectivity index (χ0n) is 12.9. The Labute approximate surface area is 154 Å². The van der Waals surface area contributed by atoms with Crippen molar-refractivity contribution in [1.82, 2.24) is 0 Å². The van der Waals surface area contributed by atoms with E-state index in [0.29, 0.717) is 22.0 Å². The largest absolute Gasteiger partial charge is 0.294 e. The van der Waals surface area contributed by atoms with Crippen LogP contribution in [0.25, 0.3) is 0 Å².